The Kier molecular flexibility index (Phi) is 12.8. The number of aliphatic carboxylic acids is 1. The average molecular weight is 514 g/mol. The number of carboxylic acids is 1. The van der Waals surface area contributed by atoms with Crippen LogP contribution in [0.3, 0.4) is 0 Å². The molecule has 0 radical (unpaired) electrons. The molecule has 1 aliphatic heterocycles. The summed E-state index contributed by atoms with van der Waals surface area (Å²) < 4.78 is 0. The van der Waals surface area contributed by atoms with Crippen LogP contribution in [0.25, 0.3) is 0 Å². The van der Waals surface area contributed by atoms with Gasteiger partial charge in [-0.1, -0.05) is 13.8 Å². The van der Waals surface area contributed by atoms with Crippen molar-refractivity contribution in [3.8, 4) is 0 Å². The van der Waals surface area contributed by atoms with E-state index in [0.717, 1.165) is 0 Å². The molecule has 5 amide bonds. The average Bonchev–Trinajstić information content (AvgIpc) is 3.28. The van der Waals surface area contributed by atoms with Crippen molar-refractivity contribution >= 4 is 35.5 Å². The zero-order chi connectivity index (χ0) is 27.4. The predicted molar refractivity (Wildman–Crippen MR) is 129 cm³/mol. The van der Waals surface area contributed by atoms with Crippen molar-refractivity contribution in [1.29, 1.82) is 0 Å². The van der Waals surface area contributed by atoms with Crippen LogP contribution >= 0.6 is 0 Å². The van der Waals surface area contributed by atoms with E-state index in [1.54, 1.807) is 13.8 Å². The van der Waals surface area contributed by atoms with E-state index in [1.807, 2.05) is 0 Å². The number of hydrogen-bond acceptors (Lipinski definition) is 8. The summed E-state index contributed by atoms with van der Waals surface area (Å²) in [5.41, 5.74) is 16.3. The van der Waals surface area contributed by atoms with Gasteiger partial charge in [-0.25, -0.2) is 0 Å². The molecule has 10 N–H and O–H groups in total. The lowest BCUT2D eigenvalue weighted by molar-refractivity contribution is -0.144. The molecule has 0 spiro atoms. The monoisotopic (exact) mass is 513 g/mol. The Bertz CT molecular complexity index is 821. The normalized spacial score (nSPS) is 17.7. The molecule has 4 atom stereocenters. The second kappa shape index (κ2) is 15.0. The first-order valence-corrected chi connectivity index (χ1v) is 12.0. The summed E-state index contributed by atoms with van der Waals surface area (Å²) in [4.78, 5) is 74.4. The van der Waals surface area contributed by atoms with E-state index in [4.69, 9.17) is 22.3 Å². The van der Waals surface area contributed by atoms with Gasteiger partial charge in [0.1, 0.15) is 18.1 Å². The molecule has 0 aromatic rings. The van der Waals surface area contributed by atoms with Gasteiger partial charge in [-0.05, 0) is 44.6 Å². The van der Waals surface area contributed by atoms with Gasteiger partial charge >= 0.3 is 5.97 Å². The van der Waals surface area contributed by atoms with Crippen LogP contribution in [0.1, 0.15) is 52.4 Å². The van der Waals surface area contributed by atoms with E-state index in [0.29, 0.717) is 32.2 Å². The smallest absolute Gasteiger partial charge is 0.305 e. The maximum absolute atomic E-state index is 13.1. The number of nitrogens with zero attached hydrogens (tertiary/aromatic N) is 1. The quantitative estimate of drug-likeness (QED) is 0.111. The number of carboxylic acid groups (broad SMARTS) is 1. The molecule has 14 heteroatoms. The number of amides is 5. The summed E-state index contributed by atoms with van der Waals surface area (Å²) in [5, 5.41) is 16.5. The third-order valence-electron chi connectivity index (χ3n) is 5.81. The predicted octanol–water partition coefficient (Wildman–Crippen LogP) is -2.86. The minimum absolute atomic E-state index is 0.242. The number of unbranched alkanes of at least 4 members (excludes halogenated alkanes) is 1. The zero-order valence-electron chi connectivity index (χ0n) is 20.8. The van der Waals surface area contributed by atoms with Gasteiger partial charge < -0.3 is 43.2 Å². The Morgan fingerprint density at radius 1 is 1.06 bits per heavy atom. The van der Waals surface area contributed by atoms with Crippen LogP contribution in [-0.2, 0) is 28.8 Å². The number of hydrogen-bond donors (Lipinski definition) is 7. The SMILES string of the molecule is CC(C)C(NC(=O)[C@@H]1CCCN1C(=O)[C@@H](N)CC(=O)O)C(=O)NC(CCCCN)C(=O)NCC(N)=O. The number of nitrogens with one attached hydrogen (secondary N) is 3. The highest BCUT2D eigenvalue weighted by atomic mass is 16.4. The fourth-order valence-electron chi connectivity index (χ4n) is 3.90. The van der Waals surface area contributed by atoms with Crippen LogP contribution in [-0.4, -0.2) is 89.3 Å². The Labute approximate surface area is 210 Å². The number of nitrogens with two attached hydrogens (primary N) is 3. The van der Waals surface area contributed by atoms with E-state index in [2.05, 4.69) is 16.0 Å². The fourth-order valence-corrected chi connectivity index (χ4v) is 3.90. The molecular weight excluding hydrogens is 474 g/mol. The number of carbonyl (C=O) groups excluding carboxylic acids is 5. The summed E-state index contributed by atoms with van der Waals surface area (Å²) in [6, 6.07) is -4.18. The van der Waals surface area contributed by atoms with Crippen molar-refractivity contribution in [1.82, 2.24) is 20.9 Å². The number of carbonyl (C=O) groups is 6. The van der Waals surface area contributed by atoms with Crippen molar-refractivity contribution in [3.05, 3.63) is 0 Å². The number of primary amides is 1. The Hall–Kier alpha value is -3.26. The molecule has 0 saturated carbocycles. The minimum atomic E-state index is -1.28. The molecule has 0 bridgehead atoms. The first kappa shape index (κ1) is 30.8. The van der Waals surface area contributed by atoms with Crippen LogP contribution < -0.4 is 33.2 Å². The maximum atomic E-state index is 13.1. The number of likely N-dealkylation sites (tertiary alicyclic amines) is 1. The highest BCUT2D eigenvalue weighted by Gasteiger charge is 2.38. The van der Waals surface area contributed by atoms with Gasteiger partial charge in [-0.3, -0.25) is 28.8 Å². The van der Waals surface area contributed by atoms with Crippen molar-refractivity contribution in [2.24, 2.45) is 23.1 Å². The molecule has 0 aliphatic carbocycles. The molecule has 36 heavy (non-hydrogen) atoms. The summed E-state index contributed by atoms with van der Waals surface area (Å²) in [5.74, 6) is -4.75. The highest BCUT2D eigenvalue weighted by molar-refractivity contribution is 5.96. The molecule has 0 aromatic heterocycles. The lowest BCUT2D eigenvalue weighted by Crippen LogP contribution is -2.59. The van der Waals surface area contributed by atoms with E-state index >= 15 is 0 Å². The summed E-state index contributed by atoms with van der Waals surface area (Å²) in [7, 11) is 0. The topological polar surface area (TPSA) is 240 Å². The summed E-state index contributed by atoms with van der Waals surface area (Å²) in [6.45, 7) is 3.68. The molecule has 1 saturated heterocycles. The summed E-state index contributed by atoms with van der Waals surface area (Å²) in [6.07, 6.45) is 1.71. The van der Waals surface area contributed by atoms with Gasteiger partial charge in [0.25, 0.3) is 0 Å². The van der Waals surface area contributed by atoms with Gasteiger partial charge in [0.15, 0.2) is 0 Å². The van der Waals surface area contributed by atoms with Crippen LogP contribution in [0.2, 0.25) is 0 Å². The largest absolute Gasteiger partial charge is 0.481 e. The van der Waals surface area contributed by atoms with E-state index in [1.165, 1.54) is 4.90 Å². The first-order valence-electron chi connectivity index (χ1n) is 12.0. The summed E-state index contributed by atoms with van der Waals surface area (Å²) >= 11 is 0. The van der Waals surface area contributed by atoms with Crippen molar-refractivity contribution in [3.63, 3.8) is 0 Å². The first-order chi connectivity index (χ1) is 16.9. The Morgan fingerprint density at radius 2 is 1.72 bits per heavy atom. The van der Waals surface area contributed by atoms with Gasteiger partial charge in [-0.15, -0.1) is 0 Å². The fraction of sp³-hybridized carbons (Fsp3) is 0.727. The van der Waals surface area contributed by atoms with Crippen LogP contribution in [0.5, 0.6) is 0 Å². The van der Waals surface area contributed by atoms with E-state index in [9.17, 15) is 28.8 Å². The van der Waals surface area contributed by atoms with E-state index < -0.39 is 66.1 Å². The maximum Gasteiger partial charge on any atom is 0.305 e. The third-order valence-corrected chi connectivity index (χ3v) is 5.81. The van der Waals surface area contributed by atoms with Crippen LogP contribution in [0, 0.1) is 5.92 Å². The van der Waals surface area contributed by atoms with E-state index in [-0.39, 0.29) is 25.4 Å². The van der Waals surface area contributed by atoms with Crippen molar-refractivity contribution < 1.29 is 33.9 Å². The van der Waals surface area contributed by atoms with Crippen LogP contribution in [0.15, 0.2) is 0 Å². The van der Waals surface area contributed by atoms with Crippen LogP contribution in [0.4, 0.5) is 0 Å². The lowest BCUT2D eigenvalue weighted by Gasteiger charge is -2.29. The standard InChI is InChI=1S/C22H39N7O7/c1-12(2)18(21(35)27-14(6-3-4-8-23)19(33)26-11-16(25)30)28-20(34)15-7-5-9-29(15)22(36)13(24)10-17(31)32/h12-15,18H,3-11,23-24H2,1-2H3,(H2,25,30)(H,26,33)(H,27,35)(H,28,34)(H,31,32)/t13-,14?,15-,18?/m0/s1. The van der Waals surface area contributed by atoms with Gasteiger partial charge in [0, 0.05) is 6.54 Å². The molecule has 14 nitrogen and oxygen atoms in total. The molecule has 1 rings (SSSR count). The Balaban J connectivity index is 2.92. The lowest BCUT2D eigenvalue weighted by atomic mass is 10.0. The second-order valence-electron chi connectivity index (χ2n) is 9.15. The van der Waals surface area contributed by atoms with Crippen molar-refractivity contribution in [2.45, 2.75) is 76.5 Å². The van der Waals surface area contributed by atoms with Gasteiger partial charge in [0.2, 0.25) is 29.5 Å². The molecule has 1 heterocycles. The zero-order valence-corrected chi connectivity index (χ0v) is 20.8. The molecule has 0 aromatic carbocycles. The van der Waals surface area contributed by atoms with Crippen molar-refractivity contribution in [2.75, 3.05) is 19.6 Å². The molecule has 1 aliphatic rings. The molecule has 1 fully saturated rings. The highest BCUT2D eigenvalue weighted by Crippen LogP contribution is 2.19. The molecule has 204 valence electrons. The molecular formula is C22H39N7O7. The number of rotatable bonds is 15. The molecule has 2 unspecified atom stereocenters. The third kappa shape index (κ3) is 9.77. The Morgan fingerprint density at radius 3 is 2.28 bits per heavy atom. The van der Waals surface area contributed by atoms with Gasteiger partial charge in [-0.2, -0.15) is 0 Å². The van der Waals surface area contributed by atoms with Gasteiger partial charge in [0.05, 0.1) is 19.0 Å². The second-order valence-corrected chi connectivity index (χ2v) is 9.15. The minimum Gasteiger partial charge on any atom is -0.481 e.